The molecular weight excluding hydrogens is 392 g/mol. The van der Waals surface area contributed by atoms with Crippen molar-refractivity contribution in [1.82, 2.24) is 0 Å². The van der Waals surface area contributed by atoms with E-state index in [1.54, 1.807) is 75.4 Å². The average molecular weight is 423 g/mol. The van der Waals surface area contributed by atoms with Crippen molar-refractivity contribution in [2.75, 3.05) is 0 Å². The Hall–Kier alpha value is -3.31. The largest absolute Gasteiger partial charge is 0.448 e. The monoisotopic (exact) mass is 422 g/mol. The molecule has 164 valence electrons. The zero-order valence-corrected chi connectivity index (χ0v) is 18.8. The first-order valence-electron chi connectivity index (χ1n) is 9.78. The van der Waals surface area contributed by atoms with Crippen LogP contribution in [-0.4, -0.2) is 33.8 Å². The SMILES string of the molecule is C=C(C)C(=O)OC(C)(C)C(=O)c1ccccc1.C=Cc1ccc(C(=O)C(C)(C)O)cc1. The third-order valence-electron chi connectivity index (χ3n) is 4.24. The van der Waals surface area contributed by atoms with Gasteiger partial charge in [0.25, 0.3) is 0 Å². The lowest BCUT2D eigenvalue weighted by Gasteiger charge is -2.23. The molecule has 0 heterocycles. The molecule has 0 amide bonds. The van der Waals surface area contributed by atoms with Gasteiger partial charge >= 0.3 is 5.97 Å². The van der Waals surface area contributed by atoms with Gasteiger partial charge in [0.15, 0.2) is 11.4 Å². The lowest BCUT2D eigenvalue weighted by molar-refractivity contribution is -0.147. The molecule has 0 bridgehead atoms. The van der Waals surface area contributed by atoms with Gasteiger partial charge in [0, 0.05) is 16.7 Å². The minimum Gasteiger partial charge on any atom is -0.448 e. The third kappa shape index (κ3) is 7.79. The van der Waals surface area contributed by atoms with Crippen LogP contribution in [0.15, 0.2) is 73.3 Å². The van der Waals surface area contributed by atoms with Gasteiger partial charge in [-0.05, 0) is 40.2 Å². The fourth-order valence-corrected chi connectivity index (χ4v) is 2.43. The Labute approximate surface area is 184 Å². The highest BCUT2D eigenvalue weighted by molar-refractivity contribution is 6.03. The second-order valence-corrected chi connectivity index (χ2v) is 8.09. The van der Waals surface area contributed by atoms with Gasteiger partial charge in [-0.15, -0.1) is 0 Å². The molecule has 0 aliphatic rings. The molecule has 1 N–H and O–H groups in total. The van der Waals surface area contributed by atoms with E-state index >= 15 is 0 Å². The van der Waals surface area contributed by atoms with E-state index in [0.29, 0.717) is 11.1 Å². The predicted octanol–water partition coefficient (Wildman–Crippen LogP) is 5.05. The Morgan fingerprint density at radius 2 is 1.35 bits per heavy atom. The van der Waals surface area contributed by atoms with Crippen LogP contribution in [0.5, 0.6) is 0 Å². The number of hydrogen-bond donors (Lipinski definition) is 1. The summed E-state index contributed by atoms with van der Waals surface area (Å²) in [6, 6.07) is 15.7. The van der Waals surface area contributed by atoms with Crippen LogP contribution in [0.1, 0.15) is 60.9 Å². The van der Waals surface area contributed by atoms with Crippen LogP contribution in [0.4, 0.5) is 0 Å². The zero-order chi connectivity index (χ0) is 23.8. The Morgan fingerprint density at radius 1 is 0.871 bits per heavy atom. The summed E-state index contributed by atoms with van der Waals surface area (Å²) < 4.78 is 5.13. The van der Waals surface area contributed by atoms with Crippen LogP contribution >= 0.6 is 0 Å². The molecule has 5 heteroatoms. The second kappa shape index (κ2) is 10.6. The summed E-state index contributed by atoms with van der Waals surface area (Å²) in [5.74, 6) is -1.06. The van der Waals surface area contributed by atoms with Gasteiger partial charge in [-0.3, -0.25) is 9.59 Å². The van der Waals surface area contributed by atoms with Crippen molar-refractivity contribution in [3.8, 4) is 0 Å². The van der Waals surface area contributed by atoms with E-state index in [1.807, 2.05) is 6.07 Å². The van der Waals surface area contributed by atoms with Crippen molar-refractivity contribution >= 4 is 23.6 Å². The van der Waals surface area contributed by atoms with Crippen LogP contribution in [0.25, 0.3) is 6.08 Å². The minimum absolute atomic E-state index is 0.229. The number of carbonyl (C=O) groups is 3. The molecule has 0 aliphatic carbocycles. The highest BCUT2D eigenvalue weighted by Gasteiger charge is 2.32. The Balaban J connectivity index is 0.000000316. The Bertz CT molecular complexity index is 946. The van der Waals surface area contributed by atoms with Crippen LogP contribution in [0.2, 0.25) is 0 Å². The molecule has 0 aromatic heterocycles. The van der Waals surface area contributed by atoms with Crippen LogP contribution in [-0.2, 0) is 9.53 Å². The maximum atomic E-state index is 12.1. The van der Waals surface area contributed by atoms with Crippen molar-refractivity contribution < 1.29 is 24.2 Å². The quantitative estimate of drug-likeness (QED) is 0.384. The molecule has 0 spiro atoms. The lowest BCUT2D eigenvalue weighted by Crippen LogP contribution is -2.37. The fraction of sp³-hybridized carbons (Fsp3) is 0.269. The number of hydrogen-bond acceptors (Lipinski definition) is 5. The molecule has 0 saturated carbocycles. The number of rotatable bonds is 7. The first-order chi connectivity index (χ1) is 14.3. The summed E-state index contributed by atoms with van der Waals surface area (Å²) in [6.07, 6.45) is 1.71. The topological polar surface area (TPSA) is 80.7 Å². The van der Waals surface area contributed by atoms with Crippen molar-refractivity contribution in [1.29, 1.82) is 0 Å². The fourth-order valence-electron chi connectivity index (χ4n) is 2.43. The van der Waals surface area contributed by atoms with Crippen LogP contribution in [0, 0.1) is 0 Å². The maximum absolute atomic E-state index is 12.1. The number of aliphatic hydroxyl groups is 1. The van der Waals surface area contributed by atoms with Gasteiger partial charge in [0.2, 0.25) is 5.78 Å². The van der Waals surface area contributed by atoms with Crippen LogP contribution in [0.3, 0.4) is 0 Å². The highest BCUT2D eigenvalue weighted by atomic mass is 16.6. The van der Waals surface area contributed by atoms with Crippen molar-refractivity contribution in [2.45, 2.75) is 45.8 Å². The van der Waals surface area contributed by atoms with E-state index < -0.39 is 17.2 Å². The molecular formula is C26H30O5. The summed E-state index contributed by atoms with van der Waals surface area (Å²) in [6.45, 7) is 14.8. The summed E-state index contributed by atoms with van der Waals surface area (Å²) in [5.41, 5.74) is -0.223. The Kier molecular flexibility index (Phi) is 8.83. The average Bonchev–Trinajstić information content (AvgIpc) is 2.72. The van der Waals surface area contributed by atoms with E-state index in [0.717, 1.165) is 5.56 Å². The van der Waals surface area contributed by atoms with Gasteiger partial charge < -0.3 is 9.84 Å². The molecule has 5 nitrogen and oxygen atoms in total. The van der Waals surface area contributed by atoms with Crippen molar-refractivity contribution in [3.05, 3.63) is 90.0 Å². The molecule has 0 unspecified atom stereocenters. The number of ether oxygens (including phenoxy) is 1. The standard InChI is InChI=1S/C14H16O3.C12H14O2/c1-10(2)13(16)17-14(3,4)12(15)11-8-6-5-7-9-11;1-4-9-5-7-10(8-6-9)11(13)12(2,3)14/h5-9H,1H2,2-4H3;4-8,14H,1H2,2-3H3. The molecule has 2 aromatic rings. The maximum Gasteiger partial charge on any atom is 0.334 e. The number of carbonyl (C=O) groups excluding carboxylic acids is 3. The number of ketones is 2. The van der Waals surface area contributed by atoms with E-state index in [9.17, 15) is 19.5 Å². The molecule has 0 saturated heterocycles. The van der Waals surface area contributed by atoms with E-state index in [-0.39, 0.29) is 17.1 Å². The highest BCUT2D eigenvalue weighted by Crippen LogP contribution is 2.18. The summed E-state index contributed by atoms with van der Waals surface area (Å²) in [5, 5.41) is 9.50. The predicted molar refractivity (Wildman–Crippen MR) is 123 cm³/mol. The third-order valence-corrected chi connectivity index (χ3v) is 4.24. The lowest BCUT2D eigenvalue weighted by atomic mass is 9.96. The number of esters is 1. The van der Waals surface area contributed by atoms with Gasteiger partial charge in [0.05, 0.1) is 0 Å². The molecule has 0 atom stereocenters. The van der Waals surface area contributed by atoms with Crippen molar-refractivity contribution in [3.63, 3.8) is 0 Å². The molecule has 31 heavy (non-hydrogen) atoms. The van der Waals surface area contributed by atoms with Crippen LogP contribution < -0.4 is 0 Å². The summed E-state index contributed by atoms with van der Waals surface area (Å²) in [4.78, 5) is 35.1. The summed E-state index contributed by atoms with van der Waals surface area (Å²) in [7, 11) is 0. The molecule has 2 aromatic carbocycles. The summed E-state index contributed by atoms with van der Waals surface area (Å²) >= 11 is 0. The van der Waals surface area contributed by atoms with Gasteiger partial charge in [0.1, 0.15) is 5.60 Å². The normalized spacial score (nSPS) is 10.9. The number of Topliss-reactive ketones (excluding diaryl/α,β-unsaturated/α-hetero) is 2. The first kappa shape index (κ1) is 25.7. The number of benzene rings is 2. The minimum atomic E-state index is -1.31. The van der Waals surface area contributed by atoms with Gasteiger partial charge in [-0.2, -0.15) is 0 Å². The van der Waals surface area contributed by atoms with E-state index in [2.05, 4.69) is 13.2 Å². The Morgan fingerprint density at radius 3 is 1.77 bits per heavy atom. The smallest absolute Gasteiger partial charge is 0.334 e. The van der Waals surface area contributed by atoms with E-state index in [1.165, 1.54) is 13.8 Å². The van der Waals surface area contributed by atoms with Crippen molar-refractivity contribution in [2.24, 2.45) is 0 Å². The first-order valence-corrected chi connectivity index (χ1v) is 9.78. The van der Waals surface area contributed by atoms with E-state index in [4.69, 9.17) is 4.74 Å². The molecule has 0 fully saturated rings. The molecule has 0 aliphatic heterocycles. The van der Waals surface area contributed by atoms with Gasteiger partial charge in [-0.25, -0.2) is 4.79 Å². The molecule has 2 rings (SSSR count). The molecule has 0 radical (unpaired) electrons. The second-order valence-electron chi connectivity index (χ2n) is 8.09. The zero-order valence-electron chi connectivity index (χ0n) is 18.8. The van der Waals surface area contributed by atoms with Gasteiger partial charge in [-0.1, -0.05) is 73.8 Å².